The number of imidazole rings is 1. The molecule has 1 aromatic carbocycles. The van der Waals surface area contributed by atoms with Gasteiger partial charge in [-0.15, -0.1) is 0 Å². The molecule has 0 saturated heterocycles. The molecule has 2 rings (SSSR count). The average Bonchev–Trinajstić information content (AvgIpc) is 2.87. The Bertz CT molecular complexity index is 767. The van der Waals surface area contributed by atoms with Crippen LogP contribution in [0.5, 0.6) is 0 Å². The summed E-state index contributed by atoms with van der Waals surface area (Å²) >= 11 is 0. The van der Waals surface area contributed by atoms with Crippen molar-refractivity contribution in [3.63, 3.8) is 0 Å². The molecule has 0 spiro atoms. The number of hydrogen-bond acceptors (Lipinski definition) is 5. The molecule has 0 saturated carbocycles. The van der Waals surface area contributed by atoms with Crippen molar-refractivity contribution in [2.75, 3.05) is 12.4 Å². The van der Waals surface area contributed by atoms with Gasteiger partial charge in [0.2, 0.25) is 0 Å². The second kappa shape index (κ2) is 7.12. The number of carbonyl (C=O) groups is 1. The zero-order valence-electron chi connectivity index (χ0n) is 13.8. The Labute approximate surface area is 139 Å². The van der Waals surface area contributed by atoms with Crippen LogP contribution in [-0.4, -0.2) is 32.6 Å². The van der Waals surface area contributed by atoms with Crippen LogP contribution in [0.1, 0.15) is 19.5 Å². The van der Waals surface area contributed by atoms with Crippen molar-refractivity contribution in [2.45, 2.75) is 26.8 Å². The number of nitro benzene ring substituents is 1. The largest absolute Gasteiger partial charge is 0.480 e. The Kier molecular flexibility index (Phi) is 5.18. The van der Waals surface area contributed by atoms with Gasteiger partial charge in [0.15, 0.2) is 0 Å². The summed E-state index contributed by atoms with van der Waals surface area (Å²) in [7, 11) is 1.61. The summed E-state index contributed by atoms with van der Waals surface area (Å²) in [6, 6.07) is 4.80. The maximum absolute atomic E-state index is 11.3. The van der Waals surface area contributed by atoms with Crippen molar-refractivity contribution in [3.05, 3.63) is 40.3 Å². The number of nitrogens with zero attached hydrogens (tertiary/aromatic N) is 3. The highest BCUT2D eigenvalue weighted by Crippen LogP contribution is 2.32. The molecule has 0 atom stereocenters. The first-order valence-electron chi connectivity index (χ1n) is 7.55. The molecule has 8 heteroatoms. The summed E-state index contributed by atoms with van der Waals surface area (Å²) in [5, 5.41) is 23.1. The van der Waals surface area contributed by atoms with Gasteiger partial charge in [0.05, 0.1) is 22.6 Å². The van der Waals surface area contributed by atoms with Crippen molar-refractivity contribution in [2.24, 2.45) is 5.92 Å². The number of hydrogen-bond donors (Lipinski definition) is 2. The lowest BCUT2D eigenvalue weighted by Crippen LogP contribution is -2.10. The van der Waals surface area contributed by atoms with Crippen LogP contribution >= 0.6 is 0 Å². The molecular formula is C16H20N4O4. The van der Waals surface area contributed by atoms with E-state index in [4.69, 9.17) is 5.11 Å². The maximum atomic E-state index is 11.3. The summed E-state index contributed by atoms with van der Waals surface area (Å²) in [5.41, 5.74) is 2.26. The standard InChI is InChI=1S/C16H20N4O4/c1-10(2)6-13-16(19(9-18-13)8-15(21)22)11-4-5-12(17-3)14(7-11)20(23)24/h4-5,7,9-10,17H,6,8H2,1-3H3,(H,21,22). The Balaban J connectivity index is 2.60. The second-order valence-electron chi connectivity index (χ2n) is 5.90. The zero-order valence-corrected chi connectivity index (χ0v) is 13.8. The Morgan fingerprint density at radius 1 is 1.46 bits per heavy atom. The van der Waals surface area contributed by atoms with Crippen LogP contribution in [0.2, 0.25) is 0 Å². The van der Waals surface area contributed by atoms with E-state index in [9.17, 15) is 14.9 Å². The van der Waals surface area contributed by atoms with E-state index in [1.807, 2.05) is 13.8 Å². The molecule has 0 bridgehead atoms. The topological polar surface area (TPSA) is 110 Å². The van der Waals surface area contributed by atoms with Gasteiger partial charge < -0.3 is 15.0 Å². The molecule has 24 heavy (non-hydrogen) atoms. The quantitative estimate of drug-likeness (QED) is 0.596. The zero-order chi connectivity index (χ0) is 17.9. The smallest absolute Gasteiger partial charge is 0.323 e. The monoisotopic (exact) mass is 332 g/mol. The van der Waals surface area contributed by atoms with E-state index in [1.54, 1.807) is 19.2 Å². The number of nitrogens with one attached hydrogen (secondary N) is 1. The SMILES string of the molecule is CNc1ccc(-c2c(CC(C)C)ncn2CC(=O)O)cc1[N+](=O)[O-]. The molecule has 0 unspecified atom stereocenters. The highest BCUT2D eigenvalue weighted by atomic mass is 16.6. The molecule has 0 aliphatic heterocycles. The molecule has 1 heterocycles. The molecule has 2 aromatic rings. The molecule has 2 N–H and O–H groups in total. The fourth-order valence-corrected chi connectivity index (χ4v) is 2.60. The van der Waals surface area contributed by atoms with Crippen LogP contribution in [0.15, 0.2) is 24.5 Å². The van der Waals surface area contributed by atoms with Gasteiger partial charge in [0.25, 0.3) is 5.69 Å². The lowest BCUT2D eigenvalue weighted by Gasteiger charge is -2.11. The van der Waals surface area contributed by atoms with Crippen molar-refractivity contribution in [1.29, 1.82) is 0 Å². The van der Waals surface area contributed by atoms with Crippen LogP contribution in [0.25, 0.3) is 11.3 Å². The van der Waals surface area contributed by atoms with Gasteiger partial charge in [-0.25, -0.2) is 4.98 Å². The fourth-order valence-electron chi connectivity index (χ4n) is 2.60. The minimum Gasteiger partial charge on any atom is -0.480 e. The summed E-state index contributed by atoms with van der Waals surface area (Å²) in [6.45, 7) is 3.82. The van der Waals surface area contributed by atoms with E-state index in [1.165, 1.54) is 17.0 Å². The highest BCUT2D eigenvalue weighted by molar-refractivity contribution is 5.74. The van der Waals surface area contributed by atoms with E-state index in [-0.39, 0.29) is 12.2 Å². The number of rotatable bonds is 7. The average molecular weight is 332 g/mol. The molecule has 0 fully saturated rings. The first-order chi connectivity index (χ1) is 11.3. The third-order valence-electron chi connectivity index (χ3n) is 3.56. The maximum Gasteiger partial charge on any atom is 0.323 e. The van der Waals surface area contributed by atoms with Crippen LogP contribution in [-0.2, 0) is 17.8 Å². The number of anilines is 1. The van der Waals surface area contributed by atoms with Crippen LogP contribution in [0.3, 0.4) is 0 Å². The third-order valence-corrected chi connectivity index (χ3v) is 3.56. The number of carboxylic acids is 1. The van der Waals surface area contributed by atoms with Gasteiger partial charge in [0, 0.05) is 18.7 Å². The summed E-state index contributed by atoms with van der Waals surface area (Å²) < 4.78 is 1.51. The number of benzene rings is 1. The van der Waals surface area contributed by atoms with E-state index in [0.717, 1.165) is 5.69 Å². The third kappa shape index (κ3) is 3.70. The molecule has 0 aliphatic rings. The van der Waals surface area contributed by atoms with Gasteiger partial charge in [-0.1, -0.05) is 19.9 Å². The molecule has 0 aliphatic carbocycles. The van der Waals surface area contributed by atoms with E-state index in [0.29, 0.717) is 29.3 Å². The van der Waals surface area contributed by atoms with Gasteiger partial charge in [-0.3, -0.25) is 14.9 Å². The molecule has 128 valence electrons. The van der Waals surface area contributed by atoms with E-state index in [2.05, 4.69) is 10.3 Å². The lowest BCUT2D eigenvalue weighted by atomic mass is 10.0. The van der Waals surface area contributed by atoms with Crippen LogP contribution < -0.4 is 5.32 Å². The summed E-state index contributed by atoms with van der Waals surface area (Å²) in [6.07, 6.45) is 2.13. The van der Waals surface area contributed by atoms with E-state index < -0.39 is 10.9 Å². The summed E-state index contributed by atoms with van der Waals surface area (Å²) in [5.74, 6) is -0.672. The van der Waals surface area contributed by atoms with Crippen LogP contribution in [0.4, 0.5) is 11.4 Å². The minimum atomic E-state index is -0.994. The molecule has 0 radical (unpaired) electrons. The van der Waals surface area contributed by atoms with Crippen molar-refractivity contribution in [1.82, 2.24) is 9.55 Å². The second-order valence-corrected chi connectivity index (χ2v) is 5.90. The Morgan fingerprint density at radius 3 is 2.71 bits per heavy atom. The van der Waals surface area contributed by atoms with E-state index >= 15 is 0 Å². The molecular weight excluding hydrogens is 312 g/mol. The predicted molar refractivity (Wildman–Crippen MR) is 90.0 cm³/mol. The van der Waals surface area contributed by atoms with Gasteiger partial charge in [0.1, 0.15) is 12.2 Å². The predicted octanol–water partition coefficient (Wildman–Crippen LogP) is 2.78. The fraction of sp³-hybridized carbons (Fsp3) is 0.375. The highest BCUT2D eigenvalue weighted by Gasteiger charge is 2.20. The first kappa shape index (κ1) is 17.5. The van der Waals surface area contributed by atoms with Crippen molar-refractivity contribution in [3.8, 4) is 11.3 Å². The normalized spacial score (nSPS) is 10.8. The lowest BCUT2D eigenvalue weighted by molar-refractivity contribution is -0.383. The van der Waals surface area contributed by atoms with Crippen LogP contribution in [0, 0.1) is 16.0 Å². The van der Waals surface area contributed by atoms with Gasteiger partial charge in [-0.05, 0) is 18.4 Å². The Hall–Kier alpha value is -2.90. The number of nitro groups is 1. The van der Waals surface area contributed by atoms with Crippen molar-refractivity contribution >= 4 is 17.3 Å². The first-order valence-corrected chi connectivity index (χ1v) is 7.55. The number of carboxylic acid groups (broad SMARTS) is 1. The van der Waals surface area contributed by atoms with Gasteiger partial charge >= 0.3 is 5.97 Å². The Morgan fingerprint density at radius 2 is 2.17 bits per heavy atom. The minimum absolute atomic E-state index is 0.0615. The summed E-state index contributed by atoms with van der Waals surface area (Å²) in [4.78, 5) is 26.2. The number of aromatic nitrogens is 2. The van der Waals surface area contributed by atoms with Crippen molar-refractivity contribution < 1.29 is 14.8 Å². The molecule has 0 amide bonds. The van der Waals surface area contributed by atoms with Gasteiger partial charge in [-0.2, -0.15) is 0 Å². The molecule has 1 aromatic heterocycles. The molecule has 8 nitrogen and oxygen atoms in total. The number of aliphatic carboxylic acids is 1.